The number of nitrogens with zero attached hydrogens (tertiary/aromatic N) is 5. The monoisotopic (exact) mass is 601 g/mol. The third-order valence-electron chi connectivity index (χ3n) is 7.77. The average Bonchev–Trinajstić information content (AvgIpc) is 3.34. The van der Waals surface area contributed by atoms with Crippen molar-refractivity contribution in [1.82, 2.24) is 24.8 Å². The molecule has 0 spiro atoms. The highest BCUT2D eigenvalue weighted by atomic mass is 79.9. The number of amides is 1. The minimum absolute atomic E-state index is 0.0123. The number of aromatic nitrogens is 3. The summed E-state index contributed by atoms with van der Waals surface area (Å²) in [5, 5.41) is 8.41. The van der Waals surface area contributed by atoms with Gasteiger partial charge in [-0.2, -0.15) is 0 Å². The Morgan fingerprint density at radius 1 is 1.08 bits per heavy atom. The van der Waals surface area contributed by atoms with Gasteiger partial charge in [-0.25, -0.2) is 8.78 Å². The van der Waals surface area contributed by atoms with Gasteiger partial charge in [0.2, 0.25) is 0 Å². The second-order valence-electron chi connectivity index (χ2n) is 10.8. The molecule has 39 heavy (non-hydrogen) atoms. The lowest BCUT2D eigenvalue weighted by molar-refractivity contribution is -0.0920. The van der Waals surface area contributed by atoms with E-state index in [-0.39, 0.29) is 31.0 Å². The van der Waals surface area contributed by atoms with Gasteiger partial charge < -0.3 is 9.64 Å². The van der Waals surface area contributed by atoms with Crippen molar-refractivity contribution in [2.45, 2.75) is 70.6 Å². The Hall–Kier alpha value is -2.85. The van der Waals surface area contributed by atoms with Gasteiger partial charge >= 0.3 is 0 Å². The maximum Gasteiger partial charge on any atom is 0.253 e. The number of alkyl halides is 2. The Morgan fingerprint density at radius 2 is 1.82 bits per heavy atom. The molecule has 3 aromatic rings. The maximum absolute atomic E-state index is 14.3. The van der Waals surface area contributed by atoms with E-state index < -0.39 is 11.8 Å². The molecule has 0 radical (unpaired) electrons. The predicted molar refractivity (Wildman–Crippen MR) is 148 cm³/mol. The van der Waals surface area contributed by atoms with E-state index in [0.29, 0.717) is 49.5 Å². The van der Waals surface area contributed by atoms with E-state index in [2.05, 4.69) is 45.0 Å². The van der Waals surface area contributed by atoms with Gasteiger partial charge in [0, 0.05) is 60.3 Å². The first kappa shape index (κ1) is 27.7. The average molecular weight is 603 g/mol. The van der Waals surface area contributed by atoms with Gasteiger partial charge in [0.15, 0.2) is 0 Å². The molecule has 2 heterocycles. The van der Waals surface area contributed by atoms with Gasteiger partial charge in [-0.3, -0.25) is 14.4 Å². The quantitative estimate of drug-likeness (QED) is 0.314. The zero-order valence-corrected chi connectivity index (χ0v) is 23.9. The van der Waals surface area contributed by atoms with Gasteiger partial charge in [-0.1, -0.05) is 33.6 Å². The Morgan fingerprint density at radius 3 is 2.51 bits per heavy atom. The summed E-state index contributed by atoms with van der Waals surface area (Å²) in [5.41, 5.74) is 1.38. The maximum atomic E-state index is 14.3. The zero-order chi connectivity index (χ0) is 27.6. The summed E-state index contributed by atoms with van der Waals surface area (Å²) in [4.78, 5) is 17.5. The lowest BCUT2D eigenvalue weighted by atomic mass is 9.85. The molecule has 1 aliphatic heterocycles. The normalized spacial score (nSPS) is 23.5. The fourth-order valence-corrected chi connectivity index (χ4v) is 6.03. The molecule has 0 N–H and O–H groups in total. The number of carbonyl (C=O) groups is 1. The third-order valence-corrected chi connectivity index (χ3v) is 8.26. The van der Waals surface area contributed by atoms with Crippen LogP contribution in [0.25, 0.3) is 0 Å². The SMILES string of the molecule is C[C@@H]1CN(C(=O)c2ccc(Oc3cccc(Br)c3)cc2)C[C@H](C)N1Cc1cn(CC2CCCCC2(F)F)nn1. The molecular formula is C29H34BrF2N5O2. The second kappa shape index (κ2) is 11.7. The van der Waals surface area contributed by atoms with Crippen LogP contribution < -0.4 is 4.74 Å². The molecule has 1 saturated heterocycles. The number of ether oxygens (including phenoxy) is 1. The van der Waals surface area contributed by atoms with E-state index >= 15 is 0 Å². The number of benzene rings is 2. The van der Waals surface area contributed by atoms with Crippen molar-refractivity contribution in [3.63, 3.8) is 0 Å². The number of carbonyl (C=O) groups excluding carboxylic acids is 1. The van der Waals surface area contributed by atoms with E-state index in [9.17, 15) is 13.6 Å². The van der Waals surface area contributed by atoms with Crippen molar-refractivity contribution in [3.8, 4) is 11.5 Å². The summed E-state index contributed by atoms with van der Waals surface area (Å²) in [5.74, 6) is -1.95. The molecule has 1 aliphatic carbocycles. The summed E-state index contributed by atoms with van der Waals surface area (Å²) in [6, 6.07) is 15.0. The smallest absolute Gasteiger partial charge is 0.253 e. The van der Waals surface area contributed by atoms with E-state index in [1.54, 1.807) is 23.0 Å². The Kier molecular flexibility index (Phi) is 8.32. The molecule has 10 heteroatoms. The summed E-state index contributed by atoms with van der Waals surface area (Å²) in [7, 11) is 0. The number of hydrogen-bond acceptors (Lipinski definition) is 5. The van der Waals surface area contributed by atoms with Crippen LogP contribution >= 0.6 is 15.9 Å². The lowest BCUT2D eigenvalue weighted by Gasteiger charge is -2.44. The van der Waals surface area contributed by atoms with Crippen molar-refractivity contribution >= 4 is 21.8 Å². The van der Waals surface area contributed by atoms with Crippen LogP contribution in [0.2, 0.25) is 0 Å². The fraction of sp³-hybridized carbons (Fsp3) is 0.483. The highest BCUT2D eigenvalue weighted by Gasteiger charge is 2.41. The largest absolute Gasteiger partial charge is 0.457 e. The van der Waals surface area contributed by atoms with Crippen LogP contribution in [0.1, 0.15) is 55.6 Å². The van der Waals surface area contributed by atoms with Gasteiger partial charge in [0.25, 0.3) is 11.8 Å². The van der Waals surface area contributed by atoms with E-state index in [1.165, 1.54) is 0 Å². The standard InChI is InChI=1S/C29H34BrF2N5O2/c1-20-15-35(28(38)22-9-11-26(12-10-22)39-27-8-5-7-24(30)14-27)16-21(2)37(20)19-25-18-36(34-33-25)17-23-6-3-4-13-29(23,31)32/h5,7-12,14,18,20-21,23H,3-4,6,13,15-17,19H2,1-2H3/t20-,21+,23?. The van der Waals surface area contributed by atoms with E-state index in [0.717, 1.165) is 16.6 Å². The summed E-state index contributed by atoms with van der Waals surface area (Å²) >= 11 is 3.44. The minimum Gasteiger partial charge on any atom is -0.457 e. The first-order valence-corrected chi connectivity index (χ1v) is 14.3. The van der Waals surface area contributed by atoms with Crippen molar-refractivity contribution in [2.24, 2.45) is 5.92 Å². The lowest BCUT2D eigenvalue weighted by Crippen LogP contribution is -2.57. The van der Waals surface area contributed by atoms with Crippen molar-refractivity contribution in [3.05, 3.63) is 70.5 Å². The van der Waals surface area contributed by atoms with Gasteiger partial charge in [-0.05, 0) is 69.2 Å². The third kappa shape index (κ3) is 6.66. The highest BCUT2D eigenvalue weighted by molar-refractivity contribution is 9.10. The summed E-state index contributed by atoms with van der Waals surface area (Å²) in [6.07, 6.45) is 3.69. The molecule has 5 rings (SSSR count). The van der Waals surface area contributed by atoms with Gasteiger partial charge in [-0.15, -0.1) is 5.10 Å². The molecule has 2 fully saturated rings. The van der Waals surface area contributed by atoms with E-state index in [1.807, 2.05) is 41.3 Å². The highest BCUT2D eigenvalue weighted by Crippen LogP contribution is 2.39. The minimum atomic E-state index is -2.64. The Bertz CT molecular complexity index is 1270. The molecule has 7 nitrogen and oxygen atoms in total. The molecule has 208 valence electrons. The first-order valence-electron chi connectivity index (χ1n) is 13.5. The topological polar surface area (TPSA) is 63.5 Å². The fourth-order valence-electron chi connectivity index (χ4n) is 5.65. The second-order valence-corrected chi connectivity index (χ2v) is 11.7. The molecule has 3 atom stereocenters. The van der Waals surface area contributed by atoms with Crippen LogP contribution in [0, 0.1) is 5.92 Å². The number of hydrogen-bond donors (Lipinski definition) is 0. The summed E-state index contributed by atoms with van der Waals surface area (Å²) < 4.78 is 36.9. The van der Waals surface area contributed by atoms with Crippen LogP contribution in [0.3, 0.4) is 0 Å². The Balaban J connectivity index is 1.16. The number of rotatable bonds is 7. The molecule has 1 unspecified atom stereocenters. The molecule has 1 aromatic heterocycles. The zero-order valence-electron chi connectivity index (χ0n) is 22.3. The number of piperazine rings is 1. The van der Waals surface area contributed by atoms with Crippen LogP contribution in [0.15, 0.2) is 59.2 Å². The van der Waals surface area contributed by atoms with Gasteiger partial charge in [0.05, 0.1) is 12.2 Å². The summed E-state index contributed by atoms with van der Waals surface area (Å²) in [6.45, 7) is 6.12. The first-order chi connectivity index (χ1) is 18.7. The van der Waals surface area contributed by atoms with Crippen molar-refractivity contribution < 1.29 is 18.3 Å². The van der Waals surface area contributed by atoms with Crippen LogP contribution in [-0.2, 0) is 13.1 Å². The molecule has 1 saturated carbocycles. The van der Waals surface area contributed by atoms with E-state index in [4.69, 9.17) is 4.74 Å². The molecular weight excluding hydrogens is 568 g/mol. The number of halogens is 3. The van der Waals surface area contributed by atoms with Crippen molar-refractivity contribution in [1.29, 1.82) is 0 Å². The molecule has 0 bridgehead atoms. The van der Waals surface area contributed by atoms with Crippen LogP contribution in [-0.4, -0.2) is 61.8 Å². The van der Waals surface area contributed by atoms with Crippen LogP contribution in [0.5, 0.6) is 11.5 Å². The van der Waals surface area contributed by atoms with Crippen LogP contribution in [0.4, 0.5) is 8.78 Å². The molecule has 1 amide bonds. The van der Waals surface area contributed by atoms with Crippen molar-refractivity contribution in [2.75, 3.05) is 13.1 Å². The molecule has 2 aromatic carbocycles. The molecule has 2 aliphatic rings. The predicted octanol–water partition coefficient (Wildman–Crippen LogP) is 6.39. The van der Waals surface area contributed by atoms with Gasteiger partial charge in [0.1, 0.15) is 11.5 Å². The Labute approximate surface area is 236 Å².